The van der Waals surface area contributed by atoms with Crippen LogP contribution in [0.4, 0.5) is 0 Å². The summed E-state index contributed by atoms with van der Waals surface area (Å²) in [6, 6.07) is 54.1. The number of benzene rings is 5. The van der Waals surface area contributed by atoms with Crippen molar-refractivity contribution in [3.05, 3.63) is 170 Å². The van der Waals surface area contributed by atoms with E-state index in [1.807, 2.05) is 12.5 Å². The molecule has 1 heterocycles. The van der Waals surface area contributed by atoms with E-state index >= 15 is 0 Å². The lowest BCUT2D eigenvalue weighted by molar-refractivity contribution is 0.862. The number of hydrogen-bond donors (Lipinski definition) is 0. The molecule has 0 amide bonds. The third kappa shape index (κ3) is 6.19. The Hall–Kier alpha value is -4.41. The Kier molecular flexibility index (Phi) is 8.67. The van der Waals surface area contributed by atoms with Crippen LogP contribution in [0.1, 0.15) is 0 Å². The first-order chi connectivity index (χ1) is 19.3. The summed E-state index contributed by atoms with van der Waals surface area (Å²) in [5, 5.41) is 4.25. The molecule has 4 heteroatoms. The van der Waals surface area contributed by atoms with Crippen molar-refractivity contribution in [1.82, 2.24) is 9.55 Å². The highest BCUT2D eigenvalue weighted by Crippen LogP contribution is 2.11. The first kappa shape index (κ1) is 26.2. The molecule has 1 aromatic heterocycles. The minimum absolute atomic E-state index is 0.484. The third-order valence-electron chi connectivity index (χ3n) is 7.38. The summed E-state index contributed by atoms with van der Waals surface area (Å²) >= 11 is 0. The summed E-state index contributed by atoms with van der Waals surface area (Å²) in [7, 11) is -2.21. The molecule has 0 aliphatic carbocycles. The first-order valence-corrected chi connectivity index (χ1v) is 15.7. The van der Waals surface area contributed by atoms with Gasteiger partial charge in [-0.25, -0.2) is 4.98 Å². The molecule has 190 valence electrons. The zero-order valence-electron chi connectivity index (χ0n) is 22.3. The van der Waals surface area contributed by atoms with Gasteiger partial charge in [-0.05, 0) is 15.6 Å². The first-order valence-electron chi connectivity index (χ1n) is 13.5. The molecule has 0 unspecified atom stereocenters. The van der Waals surface area contributed by atoms with Crippen molar-refractivity contribution >= 4 is 41.3 Å². The Morgan fingerprint density at radius 2 is 0.897 bits per heavy atom. The van der Waals surface area contributed by atoms with Gasteiger partial charge in [-0.3, -0.25) is 0 Å². The molecule has 0 radical (unpaired) electrons. The molecule has 5 aromatic carbocycles. The molecule has 39 heavy (non-hydrogen) atoms. The van der Waals surface area contributed by atoms with E-state index in [9.17, 15) is 0 Å². The van der Waals surface area contributed by atoms with Gasteiger partial charge in [0.05, 0.1) is 6.33 Å². The van der Waals surface area contributed by atoms with Gasteiger partial charge in [-0.2, -0.15) is 0 Å². The minimum Gasteiger partial charge on any atom is -0.339 e. The summed E-state index contributed by atoms with van der Waals surface area (Å²) in [6.45, 7) is 2.72. The normalized spacial score (nSPS) is 10.8. The average Bonchev–Trinajstić information content (AvgIpc) is 3.55. The van der Waals surface area contributed by atoms with Crippen molar-refractivity contribution in [1.29, 1.82) is 0 Å². The molecule has 6 aromatic rings. The molecule has 0 saturated carbocycles. The fourth-order valence-electron chi connectivity index (χ4n) is 5.27. The Bertz CT molecular complexity index is 1370. The fraction of sp³-hybridized carbons (Fsp3) is 0.0571. The fourth-order valence-corrected chi connectivity index (χ4v) is 9.84. The maximum Gasteiger partial charge on any atom is 0.206 e. The van der Waals surface area contributed by atoms with Gasteiger partial charge in [0, 0.05) is 18.6 Å². The van der Waals surface area contributed by atoms with Crippen molar-refractivity contribution in [2.45, 2.75) is 13.0 Å². The largest absolute Gasteiger partial charge is 0.339 e. The second kappa shape index (κ2) is 12.9. The van der Waals surface area contributed by atoms with Crippen molar-refractivity contribution < 1.29 is 0 Å². The average molecular weight is 521 g/mol. The minimum atomic E-state index is -2.21. The van der Waals surface area contributed by atoms with Gasteiger partial charge in [0.1, 0.15) is 0 Å². The van der Waals surface area contributed by atoms with Gasteiger partial charge in [0.15, 0.2) is 8.07 Å². The maximum atomic E-state index is 4.27. The van der Waals surface area contributed by atoms with Crippen molar-refractivity contribution in [2.24, 2.45) is 0 Å². The van der Waals surface area contributed by atoms with E-state index in [2.05, 4.69) is 174 Å². The summed E-state index contributed by atoms with van der Waals surface area (Å²) in [5.74, 6) is 0. The van der Waals surface area contributed by atoms with Gasteiger partial charge in [0.25, 0.3) is 0 Å². The molecule has 0 spiro atoms. The van der Waals surface area contributed by atoms with Crippen molar-refractivity contribution in [3.8, 4) is 0 Å². The number of hydrogen-bond acceptors (Lipinski definition) is 1. The zero-order chi connectivity index (χ0) is 26.8. The highest BCUT2D eigenvalue weighted by atomic mass is 28.3. The highest BCUT2D eigenvalue weighted by Gasteiger charge is 2.39. The maximum absolute atomic E-state index is 4.27. The third-order valence-corrected chi connectivity index (χ3v) is 12.2. The molecule has 0 saturated heterocycles. The molecular weight excluding hydrogens is 487 g/mol. The van der Waals surface area contributed by atoms with Gasteiger partial charge < -0.3 is 4.57 Å². The van der Waals surface area contributed by atoms with Crippen LogP contribution in [0.25, 0.3) is 0 Å². The predicted octanol–water partition coefficient (Wildman–Crippen LogP) is 4.52. The number of aromatic nitrogens is 2. The molecular formula is C35H33BN2Si. The van der Waals surface area contributed by atoms with Crippen LogP contribution in [0.5, 0.6) is 0 Å². The van der Waals surface area contributed by atoms with E-state index in [1.54, 1.807) is 0 Å². The van der Waals surface area contributed by atoms with E-state index < -0.39 is 8.07 Å². The number of rotatable bonds is 7. The second-order valence-electron chi connectivity index (χ2n) is 9.78. The van der Waals surface area contributed by atoms with Crippen LogP contribution in [-0.4, -0.2) is 24.3 Å². The summed E-state index contributed by atoms with van der Waals surface area (Å²) in [6.07, 6.45) is 6.79. The molecule has 0 aliphatic rings. The topological polar surface area (TPSA) is 17.8 Å². The van der Waals surface area contributed by atoms with E-state index in [-0.39, 0.29) is 0 Å². The molecule has 0 aliphatic heterocycles. The standard InChI is InChI=1S/C22H20N2Si.C13H13B/c1-4-10-20(11-5-1)25(19-24-17-16-23-18-24,21-12-6-2-7-13-21)22-14-8-3-9-15-22;1-14(12-8-4-2-5-9-12)13-10-6-3-7-11-13/h1-18H,19H2;2-11H,1H3. The van der Waals surface area contributed by atoms with Gasteiger partial charge in [-0.15, -0.1) is 0 Å². The van der Waals surface area contributed by atoms with Crippen molar-refractivity contribution in [2.75, 3.05) is 0 Å². The second-order valence-corrected chi connectivity index (χ2v) is 13.6. The predicted molar refractivity (Wildman–Crippen MR) is 170 cm³/mol. The molecule has 6 rings (SSSR count). The molecule has 0 N–H and O–H groups in total. The van der Waals surface area contributed by atoms with Crippen molar-refractivity contribution in [3.63, 3.8) is 0 Å². The van der Waals surface area contributed by atoms with Crippen LogP contribution in [0.2, 0.25) is 6.82 Å². The SMILES string of the molecule is CB(c1ccccc1)c1ccccc1.c1ccc([Si](Cn2ccnc2)(c2ccccc2)c2ccccc2)cc1. The lowest BCUT2D eigenvalue weighted by atomic mass is 9.43. The summed E-state index contributed by atoms with van der Waals surface area (Å²) in [5.41, 5.74) is 2.75. The lowest BCUT2D eigenvalue weighted by Gasteiger charge is -2.34. The van der Waals surface area contributed by atoms with Crippen LogP contribution in [0.15, 0.2) is 170 Å². The highest BCUT2D eigenvalue weighted by molar-refractivity contribution is 7.10. The van der Waals surface area contributed by atoms with E-state index in [0.717, 1.165) is 6.17 Å². The molecule has 0 bridgehead atoms. The van der Waals surface area contributed by atoms with Crippen LogP contribution >= 0.6 is 0 Å². The van der Waals surface area contributed by atoms with E-state index in [0.29, 0.717) is 6.71 Å². The number of nitrogens with zero attached hydrogens (tertiary/aromatic N) is 2. The smallest absolute Gasteiger partial charge is 0.206 e. The van der Waals surface area contributed by atoms with Gasteiger partial charge >= 0.3 is 0 Å². The van der Waals surface area contributed by atoms with Crippen LogP contribution < -0.4 is 26.5 Å². The van der Waals surface area contributed by atoms with Crippen LogP contribution in [-0.2, 0) is 6.17 Å². The monoisotopic (exact) mass is 520 g/mol. The quantitative estimate of drug-likeness (QED) is 0.224. The lowest BCUT2D eigenvalue weighted by Crippen LogP contribution is -2.69. The molecule has 0 fully saturated rings. The summed E-state index contributed by atoms with van der Waals surface area (Å²) in [4.78, 5) is 4.27. The Labute approximate surface area is 233 Å². The summed E-state index contributed by atoms with van der Waals surface area (Å²) < 4.78 is 2.22. The zero-order valence-corrected chi connectivity index (χ0v) is 23.3. The van der Waals surface area contributed by atoms with Gasteiger partial charge in [0.2, 0.25) is 6.71 Å². The van der Waals surface area contributed by atoms with Gasteiger partial charge in [-0.1, -0.05) is 169 Å². The van der Waals surface area contributed by atoms with Crippen LogP contribution in [0, 0.1) is 0 Å². The number of imidazole rings is 1. The van der Waals surface area contributed by atoms with E-state index in [1.165, 1.54) is 26.5 Å². The van der Waals surface area contributed by atoms with Crippen LogP contribution in [0.3, 0.4) is 0 Å². The van der Waals surface area contributed by atoms with E-state index in [4.69, 9.17) is 0 Å². The Balaban J connectivity index is 0.000000186. The Morgan fingerprint density at radius 3 is 1.23 bits per heavy atom. The Morgan fingerprint density at radius 1 is 0.538 bits per heavy atom. The molecule has 0 atom stereocenters. The molecule has 2 nitrogen and oxygen atoms in total.